The van der Waals surface area contributed by atoms with Crippen LogP contribution in [0.4, 0.5) is 5.69 Å². The molecule has 0 saturated carbocycles. The maximum Gasteiger partial charge on any atom is 0.350 e. The largest absolute Gasteiger partial charge is 0.484 e. The Hall–Kier alpha value is -2.34. The van der Waals surface area contributed by atoms with Gasteiger partial charge in [0.25, 0.3) is 5.91 Å². The minimum Gasteiger partial charge on any atom is -0.484 e. The van der Waals surface area contributed by atoms with Crippen LogP contribution in [0.3, 0.4) is 0 Å². The molecule has 20 heavy (non-hydrogen) atoms. The van der Waals surface area contributed by atoms with Gasteiger partial charge in [0.2, 0.25) is 0 Å². The van der Waals surface area contributed by atoms with Crippen LogP contribution in [-0.2, 0) is 9.53 Å². The minimum atomic E-state index is -0.473. The zero-order chi connectivity index (χ0) is 14.4. The monoisotopic (exact) mass is 291 g/mol. The average Bonchev–Trinajstić information content (AvgIpc) is 2.93. The van der Waals surface area contributed by atoms with Crippen molar-refractivity contribution in [2.24, 2.45) is 0 Å². The number of para-hydroxylation sites is 1. The molecule has 104 valence electrons. The number of amides is 1. The fourth-order valence-corrected chi connectivity index (χ4v) is 2.28. The molecule has 1 aromatic carbocycles. The third-order valence-corrected chi connectivity index (χ3v) is 3.32. The van der Waals surface area contributed by atoms with E-state index in [0.717, 1.165) is 0 Å². The molecule has 0 unspecified atom stereocenters. The van der Waals surface area contributed by atoms with Crippen molar-refractivity contribution in [3.63, 3.8) is 0 Å². The van der Waals surface area contributed by atoms with Crippen molar-refractivity contribution in [3.8, 4) is 5.75 Å². The number of hydrogen-bond acceptors (Lipinski definition) is 5. The van der Waals surface area contributed by atoms with E-state index in [2.05, 4.69) is 10.1 Å². The Balaban J connectivity index is 1.92. The van der Waals surface area contributed by atoms with Gasteiger partial charge in [-0.3, -0.25) is 4.79 Å². The molecule has 1 aromatic heterocycles. The number of nitrogens with one attached hydrogen (secondary N) is 1. The van der Waals surface area contributed by atoms with Crippen LogP contribution >= 0.6 is 11.3 Å². The summed E-state index contributed by atoms with van der Waals surface area (Å²) in [6.07, 6.45) is 0. The molecule has 0 aliphatic carbocycles. The highest BCUT2D eigenvalue weighted by Gasteiger charge is 2.15. The normalized spacial score (nSPS) is 9.85. The lowest BCUT2D eigenvalue weighted by Crippen LogP contribution is -2.21. The lowest BCUT2D eigenvalue weighted by Gasteiger charge is -2.07. The third kappa shape index (κ3) is 3.58. The molecule has 0 aliphatic rings. The summed E-state index contributed by atoms with van der Waals surface area (Å²) in [6, 6.07) is 10.7. The number of carbonyl (C=O) groups is 2. The smallest absolute Gasteiger partial charge is 0.350 e. The molecule has 0 atom stereocenters. The molecule has 6 heteroatoms. The van der Waals surface area contributed by atoms with E-state index in [1.165, 1.54) is 18.4 Å². The Bertz CT molecular complexity index is 594. The Kier molecular flexibility index (Phi) is 4.73. The van der Waals surface area contributed by atoms with Crippen LogP contribution in [0, 0.1) is 0 Å². The van der Waals surface area contributed by atoms with Gasteiger partial charge in [-0.15, -0.1) is 11.3 Å². The van der Waals surface area contributed by atoms with Gasteiger partial charge in [0.1, 0.15) is 10.6 Å². The average molecular weight is 291 g/mol. The molecular weight excluding hydrogens is 278 g/mol. The van der Waals surface area contributed by atoms with Crippen LogP contribution < -0.4 is 10.1 Å². The van der Waals surface area contributed by atoms with Crippen LogP contribution in [0.15, 0.2) is 41.8 Å². The van der Waals surface area contributed by atoms with Crippen molar-refractivity contribution < 1.29 is 19.1 Å². The van der Waals surface area contributed by atoms with Crippen molar-refractivity contribution in [2.75, 3.05) is 19.0 Å². The second kappa shape index (κ2) is 6.72. The van der Waals surface area contributed by atoms with E-state index in [4.69, 9.17) is 4.74 Å². The van der Waals surface area contributed by atoms with Gasteiger partial charge in [-0.05, 0) is 23.6 Å². The van der Waals surface area contributed by atoms with Crippen molar-refractivity contribution in [3.05, 3.63) is 46.7 Å². The zero-order valence-corrected chi connectivity index (χ0v) is 11.6. The van der Waals surface area contributed by atoms with E-state index in [9.17, 15) is 9.59 Å². The van der Waals surface area contributed by atoms with Crippen molar-refractivity contribution in [2.45, 2.75) is 0 Å². The van der Waals surface area contributed by atoms with E-state index < -0.39 is 5.97 Å². The lowest BCUT2D eigenvalue weighted by molar-refractivity contribution is -0.118. The van der Waals surface area contributed by atoms with Crippen LogP contribution in [0.2, 0.25) is 0 Å². The first kappa shape index (κ1) is 14.1. The van der Waals surface area contributed by atoms with Crippen LogP contribution in [0.1, 0.15) is 9.67 Å². The highest BCUT2D eigenvalue weighted by molar-refractivity contribution is 7.12. The lowest BCUT2D eigenvalue weighted by atomic mass is 10.3. The molecule has 1 amide bonds. The third-order valence-electron chi connectivity index (χ3n) is 2.42. The number of methoxy groups -OCH3 is 1. The summed E-state index contributed by atoms with van der Waals surface area (Å²) in [5.74, 6) is -0.196. The number of carbonyl (C=O) groups excluding carboxylic acids is 2. The topological polar surface area (TPSA) is 64.6 Å². The molecule has 2 aromatic rings. The van der Waals surface area contributed by atoms with Gasteiger partial charge in [0.05, 0.1) is 12.8 Å². The number of benzene rings is 1. The molecule has 1 heterocycles. The quantitative estimate of drug-likeness (QED) is 0.860. The maximum absolute atomic E-state index is 11.8. The van der Waals surface area contributed by atoms with Crippen molar-refractivity contribution in [1.82, 2.24) is 0 Å². The SMILES string of the molecule is COC(=O)c1sccc1NC(=O)COc1ccccc1. The molecule has 5 nitrogen and oxygen atoms in total. The second-order valence-corrected chi connectivity index (χ2v) is 4.72. The minimum absolute atomic E-state index is 0.125. The summed E-state index contributed by atoms with van der Waals surface area (Å²) in [5.41, 5.74) is 0.434. The second-order valence-electron chi connectivity index (χ2n) is 3.80. The number of anilines is 1. The number of rotatable bonds is 5. The number of thiophene rings is 1. The molecule has 0 bridgehead atoms. The molecule has 0 fully saturated rings. The van der Waals surface area contributed by atoms with Crippen molar-refractivity contribution >= 4 is 28.9 Å². The summed E-state index contributed by atoms with van der Waals surface area (Å²) in [5, 5.41) is 4.33. The standard InChI is InChI=1S/C14H13NO4S/c1-18-14(17)13-11(7-8-20-13)15-12(16)9-19-10-5-3-2-4-6-10/h2-8H,9H2,1H3,(H,15,16). The van der Waals surface area contributed by atoms with E-state index in [1.54, 1.807) is 23.6 Å². The van der Waals surface area contributed by atoms with Crippen LogP contribution in [-0.4, -0.2) is 25.6 Å². The highest BCUT2D eigenvalue weighted by atomic mass is 32.1. The Morgan fingerprint density at radius 3 is 2.65 bits per heavy atom. The van der Waals surface area contributed by atoms with Crippen LogP contribution in [0.25, 0.3) is 0 Å². The van der Waals surface area contributed by atoms with Gasteiger partial charge < -0.3 is 14.8 Å². The van der Waals surface area contributed by atoms with E-state index >= 15 is 0 Å². The molecular formula is C14H13NO4S. The predicted molar refractivity (Wildman–Crippen MR) is 76.2 cm³/mol. The first-order valence-electron chi connectivity index (χ1n) is 5.84. The maximum atomic E-state index is 11.8. The van der Waals surface area contributed by atoms with E-state index in [-0.39, 0.29) is 12.5 Å². The summed E-state index contributed by atoms with van der Waals surface area (Å²) >= 11 is 1.21. The van der Waals surface area contributed by atoms with Gasteiger partial charge in [-0.1, -0.05) is 18.2 Å². The molecule has 2 rings (SSSR count). The van der Waals surface area contributed by atoms with Gasteiger partial charge >= 0.3 is 5.97 Å². The Morgan fingerprint density at radius 1 is 1.20 bits per heavy atom. The first-order valence-corrected chi connectivity index (χ1v) is 6.72. The van der Waals surface area contributed by atoms with Gasteiger partial charge in [-0.2, -0.15) is 0 Å². The van der Waals surface area contributed by atoms with Gasteiger partial charge in [0, 0.05) is 0 Å². The fraction of sp³-hybridized carbons (Fsp3) is 0.143. The number of hydrogen-bond donors (Lipinski definition) is 1. The summed E-state index contributed by atoms with van der Waals surface area (Å²) in [6.45, 7) is -0.125. The van der Waals surface area contributed by atoms with Gasteiger partial charge in [0.15, 0.2) is 6.61 Å². The van der Waals surface area contributed by atoms with Crippen LogP contribution in [0.5, 0.6) is 5.75 Å². The van der Waals surface area contributed by atoms with E-state index in [0.29, 0.717) is 16.3 Å². The summed E-state index contributed by atoms with van der Waals surface area (Å²) < 4.78 is 9.95. The molecule has 0 radical (unpaired) electrons. The molecule has 0 aliphatic heterocycles. The van der Waals surface area contributed by atoms with Gasteiger partial charge in [-0.25, -0.2) is 4.79 Å². The fourth-order valence-electron chi connectivity index (χ4n) is 1.51. The number of ether oxygens (including phenoxy) is 2. The highest BCUT2D eigenvalue weighted by Crippen LogP contribution is 2.23. The summed E-state index contributed by atoms with van der Waals surface area (Å²) in [4.78, 5) is 23.6. The summed E-state index contributed by atoms with van der Waals surface area (Å²) in [7, 11) is 1.30. The molecule has 1 N–H and O–H groups in total. The van der Waals surface area contributed by atoms with Crippen molar-refractivity contribution in [1.29, 1.82) is 0 Å². The first-order chi connectivity index (χ1) is 9.70. The Labute approximate surface area is 120 Å². The Morgan fingerprint density at radius 2 is 1.95 bits per heavy atom. The molecule has 0 spiro atoms. The number of esters is 1. The molecule has 0 saturated heterocycles. The zero-order valence-electron chi connectivity index (χ0n) is 10.8. The van der Waals surface area contributed by atoms with E-state index in [1.807, 2.05) is 18.2 Å². The predicted octanol–water partition coefficient (Wildman–Crippen LogP) is 2.55.